The lowest BCUT2D eigenvalue weighted by molar-refractivity contribution is -0.140. The molecule has 0 fully saturated rings. The SMILES string of the molecule is CC[C@H](C)NC(=O)[C@H](Cc1ccccc1)N(Cc1ccc(Cl)cc1Cl)C(=O)CN(c1ccc(C)cc1)S(C)(=O)=O. The first-order valence-electron chi connectivity index (χ1n) is 13.0. The van der Waals surface area contributed by atoms with Crippen LogP contribution in [-0.2, 0) is 32.6 Å². The van der Waals surface area contributed by atoms with Gasteiger partial charge in [0.15, 0.2) is 0 Å². The van der Waals surface area contributed by atoms with Crippen LogP contribution in [0.1, 0.15) is 37.0 Å². The molecule has 3 aromatic carbocycles. The van der Waals surface area contributed by atoms with Gasteiger partial charge in [-0.15, -0.1) is 0 Å². The number of carbonyl (C=O) groups is 2. The summed E-state index contributed by atoms with van der Waals surface area (Å²) in [7, 11) is -3.83. The largest absolute Gasteiger partial charge is 0.352 e. The van der Waals surface area contributed by atoms with Crippen molar-refractivity contribution in [1.29, 1.82) is 0 Å². The van der Waals surface area contributed by atoms with Crippen molar-refractivity contribution < 1.29 is 18.0 Å². The molecular formula is C30H35Cl2N3O4S. The van der Waals surface area contributed by atoms with Gasteiger partial charge >= 0.3 is 0 Å². The number of halogens is 2. The minimum atomic E-state index is -3.83. The topological polar surface area (TPSA) is 86.8 Å². The maximum Gasteiger partial charge on any atom is 0.244 e. The molecule has 3 aromatic rings. The number of sulfonamides is 1. The van der Waals surface area contributed by atoms with Gasteiger partial charge in [0.2, 0.25) is 21.8 Å². The van der Waals surface area contributed by atoms with Crippen molar-refractivity contribution in [2.75, 3.05) is 17.1 Å². The van der Waals surface area contributed by atoms with E-state index >= 15 is 0 Å². The van der Waals surface area contributed by atoms with Crippen molar-refractivity contribution in [3.63, 3.8) is 0 Å². The van der Waals surface area contributed by atoms with E-state index in [0.29, 0.717) is 27.7 Å². The van der Waals surface area contributed by atoms with E-state index in [1.165, 1.54) is 4.90 Å². The lowest BCUT2D eigenvalue weighted by Gasteiger charge is -2.34. The summed E-state index contributed by atoms with van der Waals surface area (Å²) in [6.45, 7) is 5.23. The molecule has 7 nitrogen and oxygen atoms in total. The van der Waals surface area contributed by atoms with Gasteiger partial charge < -0.3 is 10.2 Å². The molecule has 0 aliphatic heterocycles. The highest BCUT2D eigenvalue weighted by atomic mass is 35.5. The first kappa shape index (κ1) is 31.5. The zero-order valence-corrected chi connectivity index (χ0v) is 25.4. The van der Waals surface area contributed by atoms with Crippen molar-refractivity contribution in [3.8, 4) is 0 Å². The molecule has 0 aromatic heterocycles. The number of carbonyl (C=O) groups excluding carboxylic acids is 2. The monoisotopic (exact) mass is 603 g/mol. The Balaban J connectivity index is 2.08. The molecule has 0 heterocycles. The lowest BCUT2D eigenvalue weighted by atomic mass is 10.0. The van der Waals surface area contributed by atoms with Crippen LogP contribution in [0.5, 0.6) is 0 Å². The fraction of sp³-hybridized carbons (Fsp3) is 0.333. The highest BCUT2D eigenvalue weighted by Gasteiger charge is 2.33. The van der Waals surface area contributed by atoms with Crippen LogP contribution >= 0.6 is 23.2 Å². The number of hydrogen-bond donors (Lipinski definition) is 1. The van der Waals surface area contributed by atoms with Crippen molar-refractivity contribution in [3.05, 3.63) is 99.5 Å². The molecule has 40 heavy (non-hydrogen) atoms. The van der Waals surface area contributed by atoms with Gasteiger partial charge in [-0.2, -0.15) is 0 Å². The molecule has 3 rings (SSSR count). The van der Waals surface area contributed by atoms with Gasteiger partial charge in [0.1, 0.15) is 12.6 Å². The Labute approximate surface area is 247 Å². The number of nitrogens with one attached hydrogen (secondary N) is 1. The average Bonchev–Trinajstić information content (AvgIpc) is 2.90. The number of benzene rings is 3. The zero-order chi connectivity index (χ0) is 29.4. The first-order chi connectivity index (χ1) is 18.9. The predicted molar refractivity (Wildman–Crippen MR) is 162 cm³/mol. The molecule has 0 saturated heterocycles. The van der Waals surface area contributed by atoms with Crippen LogP contribution < -0.4 is 9.62 Å². The van der Waals surface area contributed by atoms with Crippen LogP contribution in [0.15, 0.2) is 72.8 Å². The van der Waals surface area contributed by atoms with E-state index in [0.717, 1.165) is 21.7 Å². The molecule has 0 spiro atoms. The Morgan fingerprint density at radius 2 is 1.62 bits per heavy atom. The second kappa shape index (κ2) is 14.0. The third-order valence-corrected chi connectivity index (χ3v) is 8.36. The third-order valence-electron chi connectivity index (χ3n) is 6.63. The molecule has 214 valence electrons. The number of nitrogens with zero attached hydrogens (tertiary/aromatic N) is 2. The van der Waals surface area contributed by atoms with Gasteiger partial charge in [-0.1, -0.05) is 84.2 Å². The second-order valence-electron chi connectivity index (χ2n) is 9.89. The highest BCUT2D eigenvalue weighted by Crippen LogP contribution is 2.25. The summed E-state index contributed by atoms with van der Waals surface area (Å²) >= 11 is 12.6. The summed E-state index contributed by atoms with van der Waals surface area (Å²) in [5.74, 6) is -0.880. The molecule has 0 saturated carbocycles. The van der Waals surface area contributed by atoms with E-state index in [9.17, 15) is 18.0 Å². The van der Waals surface area contributed by atoms with Crippen molar-refractivity contribution >= 4 is 50.7 Å². The predicted octanol–water partition coefficient (Wildman–Crippen LogP) is 5.62. The Bertz CT molecular complexity index is 1420. The molecular weight excluding hydrogens is 569 g/mol. The number of amides is 2. The van der Waals surface area contributed by atoms with E-state index in [-0.39, 0.29) is 24.9 Å². The van der Waals surface area contributed by atoms with Gasteiger partial charge in [0, 0.05) is 29.1 Å². The molecule has 0 bridgehead atoms. The van der Waals surface area contributed by atoms with Crippen LogP contribution in [-0.4, -0.2) is 50.0 Å². The summed E-state index contributed by atoms with van der Waals surface area (Å²) < 4.78 is 26.7. The minimum Gasteiger partial charge on any atom is -0.352 e. The minimum absolute atomic E-state index is 0.0221. The van der Waals surface area contributed by atoms with Crippen molar-refractivity contribution in [2.45, 2.75) is 52.2 Å². The van der Waals surface area contributed by atoms with E-state index in [2.05, 4.69) is 5.32 Å². The van der Waals surface area contributed by atoms with Crippen molar-refractivity contribution in [2.24, 2.45) is 0 Å². The number of aryl methyl sites for hydroxylation is 1. The lowest BCUT2D eigenvalue weighted by Crippen LogP contribution is -2.54. The van der Waals surface area contributed by atoms with Gasteiger partial charge in [0.05, 0.1) is 11.9 Å². The van der Waals surface area contributed by atoms with Crippen LogP contribution in [0.4, 0.5) is 5.69 Å². The van der Waals surface area contributed by atoms with E-state index in [1.54, 1.807) is 42.5 Å². The fourth-order valence-electron chi connectivity index (χ4n) is 4.15. The number of anilines is 1. The summed E-state index contributed by atoms with van der Waals surface area (Å²) in [6, 6.07) is 20.1. The van der Waals surface area contributed by atoms with Crippen molar-refractivity contribution in [1.82, 2.24) is 10.2 Å². The molecule has 0 aliphatic carbocycles. The maximum absolute atomic E-state index is 14.1. The summed E-state index contributed by atoms with van der Waals surface area (Å²) in [5, 5.41) is 3.77. The zero-order valence-electron chi connectivity index (χ0n) is 23.1. The molecule has 2 atom stereocenters. The molecule has 2 amide bonds. The second-order valence-corrected chi connectivity index (χ2v) is 12.6. The van der Waals surface area contributed by atoms with Crippen LogP contribution in [0.3, 0.4) is 0 Å². The summed E-state index contributed by atoms with van der Waals surface area (Å²) in [6.07, 6.45) is 1.98. The van der Waals surface area contributed by atoms with Gasteiger partial charge in [-0.05, 0) is 55.7 Å². The number of hydrogen-bond acceptors (Lipinski definition) is 4. The Morgan fingerprint density at radius 1 is 0.975 bits per heavy atom. The van der Waals surface area contributed by atoms with Gasteiger partial charge in [0.25, 0.3) is 0 Å². The van der Waals surface area contributed by atoms with Crippen LogP contribution in [0.2, 0.25) is 10.0 Å². The Kier molecular flexibility index (Phi) is 11.0. The molecule has 0 radical (unpaired) electrons. The highest BCUT2D eigenvalue weighted by molar-refractivity contribution is 7.92. The van der Waals surface area contributed by atoms with E-state index in [4.69, 9.17) is 23.2 Å². The van der Waals surface area contributed by atoms with E-state index < -0.39 is 28.5 Å². The third kappa shape index (κ3) is 8.71. The average molecular weight is 605 g/mol. The number of rotatable bonds is 12. The molecule has 10 heteroatoms. The molecule has 0 unspecified atom stereocenters. The normalized spacial score (nSPS) is 12.8. The Hall–Kier alpha value is -3.07. The quantitative estimate of drug-likeness (QED) is 0.291. The first-order valence-corrected chi connectivity index (χ1v) is 15.6. The standard InChI is InChI=1S/C30H35Cl2N3O4S/c1-5-22(3)33-30(37)28(17-23-9-7-6-8-10-23)34(19-24-13-14-25(31)18-27(24)32)29(36)20-35(40(4,38)39)26-15-11-21(2)12-16-26/h6-16,18,22,28H,5,17,19-20H2,1-4H3,(H,33,37)/t22-,28-/m0/s1. The molecule has 0 aliphatic rings. The van der Waals surface area contributed by atoms with Crippen LogP contribution in [0, 0.1) is 6.92 Å². The fourth-order valence-corrected chi connectivity index (χ4v) is 5.47. The maximum atomic E-state index is 14.1. The summed E-state index contributed by atoms with van der Waals surface area (Å²) in [5.41, 5.74) is 2.74. The van der Waals surface area contributed by atoms with Crippen LogP contribution in [0.25, 0.3) is 0 Å². The van der Waals surface area contributed by atoms with E-state index in [1.807, 2.05) is 51.1 Å². The summed E-state index contributed by atoms with van der Waals surface area (Å²) in [4.78, 5) is 29.2. The van der Waals surface area contributed by atoms with Gasteiger partial charge in [-0.25, -0.2) is 8.42 Å². The Morgan fingerprint density at radius 3 is 2.20 bits per heavy atom. The smallest absolute Gasteiger partial charge is 0.244 e. The van der Waals surface area contributed by atoms with Gasteiger partial charge in [-0.3, -0.25) is 13.9 Å². The molecule has 1 N–H and O–H groups in total.